The zero-order valence-electron chi connectivity index (χ0n) is 18.6. The number of thioether (sulfide) groups is 1. The number of carbonyl (C=O) groups is 2. The molecular formula is C26H27N3O2S2. The summed E-state index contributed by atoms with van der Waals surface area (Å²) in [5, 5.41) is 0. The molecule has 2 amide bonds. The molecule has 2 fully saturated rings. The van der Waals surface area contributed by atoms with Gasteiger partial charge in [-0.1, -0.05) is 78.6 Å². The summed E-state index contributed by atoms with van der Waals surface area (Å²) in [5.74, 6) is -0.0478. The second kappa shape index (κ2) is 10.8. The van der Waals surface area contributed by atoms with Crippen LogP contribution < -0.4 is 4.90 Å². The highest BCUT2D eigenvalue weighted by molar-refractivity contribution is 8.26. The molecule has 0 radical (unpaired) electrons. The largest absolute Gasteiger partial charge is 0.368 e. The SMILES string of the molecule is CC(/C=C1\SC(=S)N(CCC(=O)N2CCN(c3ccccc3)CC2)C1=O)=C\c1ccccc1. The number of anilines is 1. The van der Waals surface area contributed by atoms with Crippen LogP contribution in [0.25, 0.3) is 6.08 Å². The van der Waals surface area contributed by atoms with E-state index in [0.717, 1.165) is 24.2 Å². The fourth-order valence-electron chi connectivity index (χ4n) is 3.97. The maximum absolute atomic E-state index is 12.9. The van der Waals surface area contributed by atoms with Gasteiger partial charge in [0.15, 0.2) is 0 Å². The maximum Gasteiger partial charge on any atom is 0.266 e. The Bertz CT molecular complexity index is 1080. The Hall–Kier alpha value is -2.90. The summed E-state index contributed by atoms with van der Waals surface area (Å²) in [6, 6.07) is 20.2. The highest BCUT2D eigenvalue weighted by atomic mass is 32.2. The molecule has 2 aromatic rings. The second-order valence-electron chi connectivity index (χ2n) is 8.09. The average Bonchev–Trinajstić information content (AvgIpc) is 3.10. The number of thiocarbonyl (C=S) groups is 1. The minimum Gasteiger partial charge on any atom is -0.368 e. The average molecular weight is 478 g/mol. The van der Waals surface area contributed by atoms with Crippen LogP contribution in [0.4, 0.5) is 5.69 Å². The van der Waals surface area contributed by atoms with Crippen LogP contribution in [0.1, 0.15) is 18.9 Å². The van der Waals surface area contributed by atoms with Crippen molar-refractivity contribution in [1.29, 1.82) is 0 Å². The molecule has 33 heavy (non-hydrogen) atoms. The zero-order valence-corrected chi connectivity index (χ0v) is 20.3. The Morgan fingerprint density at radius 3 is 2.30 bits per heavy atom. The first kappa shape index (κ1) is 23.3. The number of rotatable bonds is 6. The van der Waals surface area contributed by atoms with Gasteiger partial charge in [-0.25, -0.2) is 0 Å². The summed E-state index contributed by atoms with van der Waals surface area (Å²) in [5.41, 5.74) is 3.25. The van der Waals surface area contributed by atoms with Crippen molar-refractivity contribution < 1.29 is 9.59 Å². The van der Waals surface area contributed by atoms with Gasteiger partial charge in [0.25, 0.3) is 5.91 Å². The Kier molecular flexibility index (Phi) is 7.62. The summed E-state index contributed by atoms with van der Waals surface area (Å²) in [4.78, 5) is 32.0. The van der Waals surface area contributed by atoms with E-state index in [1.807, 2.05) is 72.5 Å². The van der Waals surface area contributed by atoms with Gasteiger partial charge in [-0.05, 0) is 36.3 Å². The topological polar surface area (TPSA) is 43.9 Å². The third kappa shape index (κ3) is 5.92. The van der Waals surface area contributed by atoms with Gasteiger partial charge >= 0.3 is 0 Å². The van der Waals surface area contributed by atoms with Crippen LogP contribution in [-0.4, -0.2) is 58.7 Å². The third-order valence-electron chi connectivity index (χ3n) is 5.73. The van der Waals surface area contributed by atoms with Crippen molar-refractivity contribution in [3.05, 3.63) is 82.8 Å². The van der Waals surface area contributed by atoms with Crippen molar-refractivity contribution in [2.75, 3.05) is 37.6 Å². The van der Waals surface area contributed by atoms with Crippen LogP contribution in [0.2, 0.25) is 0 Å². The highest BCUT2D eigenvalue weighted by Gasteiger charge is 2.32. The van der Waals surface area contributed by atoms with Gasteiger partial charge in [0.1, 0.15) is 4.32 Å². The fraction of sp³-hybridized carbons (Fsp3) is 0.269. The van der Waals surface area contributed by atoms with Gasteiger partial charge in [0, 0.05) is 44.8 Å². The monoisotopic (exact) mass is 477 g/mol. The summed E-state index contributed by atoms with van der Waals surface area (Å²) in [7, 11) is 0. The second-order valence-corrected chi connectivity index (χ2v) is 9.76. The van der Waals surface area contributed by atoms with E-state index in [4.69, 9.17) is 12.2 Å². The summed E-state index contributed by atoms with van der Waals surface area (Å²) < 4.78 is 0.514. The van der Waals surface area contributed by atoms with Crippen molar-refractivity contribution in [3.63, 3.8) is 0 Å². The number of amides is 2. The molecule has 0 aromatic heterocycles. The van der Waals surface area contributed by atoms with Crippen LogP contribution in [0.3, 0.4) is 0 Å². The van der Waals surface area contributed by atoms with Crippen LogP contribution >= 0.6 is 24.0 Å². The lowest BCUT2D eigenvalue weighted by molar-refractivity contribution is -0.132. The first-order valence-corrected chi connectivity index (χ1v) is 12.3. The number of piperazine rings is 1. The molecule has 4 rings (SSSR count). The first-order valence-electron chi connectivity index (χ1n) is 11.1. The molecule has 2 aliphatic rings. The zero-order chi connectivity index (χ0) is 23.2. The summed E-state index contributed by atoms with van der Waals surface area (Å²) in [6.45, 7) is 5.30. The predicted octanol–water partition coefficient (Wildman–Crippen LogP) is 4.57. The molecule has 0 aliphatic carbocycles. The summed E-state index contributed by atoms with van der Waals surface area (Å²) >= 11 is 6.73. The Morgan fingerprint density at radius 1 is 1.00 bits per heavy atom. The molecular weight excluding hydrogens is 450 g/mol. The van der Waals surface area contributed by atoms with E-state index < -0.39 is 0 Å². The van der Waals surface area contributed by atoms with Crippen molar-refractivity contribution in [2.45, 2.75) is 13.3 Å². The van der Waals surface area contributed by atoms with E-state index in [0.29, 0.717) is 28.9 Å². The van der Waals surface area contributed by atoms with Gasteiger partial charge in [-0.15, -0.1) is 0 Å². The van der Waals surface area contributed by atoms with Crippen LogP contribution in [-0.2, 0) is 9.59 Å². The molecule has 0 spiro atoms. The molecule has 7 heteroatoms. The molecule has 2 heterocycles. The van der Waals surface area contributed by atoms with Crippen molar-refractivity contribution in [3.8, 4) is 0 Å². The molecule has 0 bridgehead atoms. The lowest BCUT2D eigenvalue weighted by Crippen LogP contribution is -2.49. The number of nitrogens with zero attached hydrogens (tertiary/aromatic N) is 3. The molecule has 0 unspecified atom stereocenters. The van der Waals surface area contributed by atoms with Gasteiger partial charge in [0.05, 0.1) is 4.91 Å². The molecule has 170 valence electrons. The number of carbonyl (C=O) groups excluding carboxylic acids is 2. The molecule has 5 nitrogen and oxygen atoms in total. The molecule has 0 atom stereocenters. The van der Waals surface area contributed by atoms with Gasteiger partial charge < -0.3 is 9.80 Å². The van der Waals surface area contributed by atoms with E-state index in [-0.39, 0.29) is 18.2 Å². The lowest BCUT2D eigenvalue weighted by Gasteiger charge is -2.36. The Balaban J connectivity index is 1.29. The molecule has 0 saturated carbocycles. The fourth-order valence-corrected chi connectivity index (χ4v) is 5.33. The van der Waals surface area contributed by atoms with Crippen molar-refractivity contribution >= 4 is 51.9 Å². The first-order chi connectivity index (χ1) is 16.0. The third-order valence-corrected chi connectivity index (χ3v) is 7.11. The number of hydrogen-bond donors (Lipinski definition) is 0. The predicted molar refractivity (Wildman–Crippen MR) is 140 cm³/mol. The van der Waals surface area contributed by atoms with E-state index in [2.05, 4.69) is 17.0 Å². The summed E-state index contributed by atoms with van der Waals surface area (Å²) in [6.07, 6.45) is 4.19. The smallest absolute Gasteiger partial charge is 0.266 e. The van der Waals surface area contributed by atoms with E-state index in [1.54, 1.807) is 4.90 Å². The standard InChI is InChI=1S/C26H27N3O2S2/c1-20(18-21-8-4-2-5-9-21)19-23-25(31)29(26(32)33-23)13-12-24(30)28-16-14-27(15-17-28)22-10-6-3-7-11-22/h2-11,18-19H,12-17H2,1H3/b20-18+,23-19-. The molecule has 2 saturated heterocycles. The minimum absolute atomic E-state index is 0.0703. The molecule has 0 N–H and O–H groups in total. The van der Waals surface area contributed by atoms with Gasteiger partial charge in [-0.3, -0.25) is 14.5 Å². The van der Waals surface area contributed by atoms with Crippen LogP contribution in [0.15, 0.2) is 77.2 Å². The van der Waals surface area contributed by atoms with Gasteiger partial charge in [-0.2, -0.15) is 0 Å². The lowest BCUT2D eigenvalue weighted by atomic mass is 10.1. The molecule has 2 aromatic carbocycles. The normalized spacial score (nSPS) is 18.4. The number of hydrogen-bond acceptors (Lipinski definition) is 5. The number of para-hydroxylation sites is 1. The van der Waals surface area contributed by atoms with Crippen molar-refractivity contribution in [2.24, 2.45) is 0 Å². The minimum atomic E-state index is -0.118. The molecule has 2 aliphatic heterocycles. The van der Waals surface area contributed by atoms with Crippen LogP contribution in [0, 0.1) is 0 Å². The quantitative estimate of drug-likeness (QED) is 0.450. The Morgan fingerprint density at radius 2 is 1.64 bits per heavy atom. The highest BCUT2D eigenvalue weighted by Crippen LogP contribution is 2.32. The number of benzene rings is 2. The van der Waals surface area contributed by atoms with Gasteiger partial charge in [0.2, 0.25) is 5.91 Å². The van der Waals surface area contributed by atoms with Crippen molar-refractivity contribution in [1.82, 2.24) is 9.80 Å². The van der Waals surface area contributed by atoms with E-state index in [1.165, 1.54) is 17.4 Å². The van der Waals surface area contributed by atoms with E-state index in [9.17, 15) is 9.59 Å². The Labute approximate surface area is 204 Å². The van der Waals surface area contributed by atoms with Crippen LogP contribution in [0.5, 0.6) is 0 Å². The van der Waals surface area contributed by atoms with E-state index >= 15 is 0 Å². The number of allylic oxidation sites excluding steroid dienone is 2. The maximum atomic E-state index is 12.9.